The summed E-state index contributed by atoms with van der Waals surface area (Å²) in [7, 11) is -0.885. The third-order valence-corrected chi connectivity index (χ3v) is 5.18. The van der Waals surface area contributed by atoms with E-state index in [2.05, 4.69) is 5.32 Å². The Labute approximate surface area is 137 Å². The Bertz CT molecular complexity index is 631. The second kappa shape index (κ2) is 8.85. The summed E-state index contributed by atoms with van der Waals surface area (Å²) in [6.07, 6.45) is 0. The molecule has 0 saturated carbocycles. The molecule has 0 heterocycles. The number of methoxy groups -OCH3 is 2. The number of carbonyl (C=O) groups excluding carboxylic acids is 1. The van der Waals surface area contributed by atoms with Gasteiger partial charge in [0.15, 0.2) is 0 Å². The lowest BCUT2D eigenvalue weighted by Crippen LogP contribution is -2.41. The number of hydrogen-bond donors (Lipinski definition) is 1. The van der Waals surface area contributed by atoms with Crippen LogP contribution in [0.1, 0.15) is 12.5 Å². The van der Waals surface area contributed by atoms with Crippen molar-refractivity contribution in [3.63, 3.8) is 0 Å². The van der Waals surface area contributed by atoms with E-state index >= 15 is 0 Å². The molecule has 23 heavy (non-hydrogen) atoms. The summed E-state index contributed by atoms with van der Waals surface area (Å²) < 4.78 is 36.7. The summed E-state index contributed by atoms with van der Waals surface area (Å²) in [5, 5.41) is 2.61. The van der Waals surface area contributed by atoms with Crippen molar-refractivity contribution in [2.45, 2.75) is 18.7 Å². The van der Waals surface area contributed by atoms with Gasteiger partial charge in [0.2, 0.25) is 15.9 Å². The van der Waals surface area contributed by atoms with Gasteiger partial charge in [0.1, 0.15) is 10.6 Å². The van der Waals surface area contributed by atoms with Gasteiger partial charge in [0.25, 0.3) is 0 Å². The molecule has 0 saturated heterocycles. The highest BCUT2D eigenvalue weighted by atomic mass is 32.2. The van der Waals surface area contributed by atoms with Gasteiger partial charge in [0.05, 0.1) is 20.3 Å². The number of nitrogens with zero attached hydrogens (tertiary/aromatic N) is 1. The fourth-order valence-corrected chi connectivity index (χ4v) is 3.65. The SMILES string of the molecule is CCN(CC(=O)NCCOC)S(=O)(=O)c1cc(C)ccc1OC. The number of hydrogen-bond acceptors (Lipinski definition) is 5. The zero-order valence-electron chi connectivity index (χ0n) is 14.0. The van der Waals surface area contributed by atoms with Crippen LogP contribution < -0.4 is 10.1 Å². The monoisotopic (exact) mass is 344 g/mol. The molecule has 0 radical (unpaired) electrons. The maximum Gasteiger partial charge on any atom is 0.247 e. The van der Waals surface area contributed by atoms with E-state index in [0.29, 0.717) is 13.2 Å². The molecule has 1 N–H and O–H groups in total. The lowest BCUT2D eigenvalue weighted by molar-refractivity contribution is -0.121. The van der Waals surface area contributed by atoms with Gasteiger partial charge in [-0.25, -0.2) is 8.42 Å². The maximum atomic E-state index is 12.8. The van der Waals surface area contributed by atoms with E-state index in [-0.39, 0.29) is 29.6 Å². The number of sulfonamides is 1. The molecule has 1 rings (SSSR count). The van der Waals surface area contributed by atoms with Crippen molar-refractivity contribution in [3.8, 4) is 5.75 Å². The molecule has 1 aromatic rings. The molecule has 0 aliphatic carbocycles. The molecule has 0 aliphatic heterocycles. The molecule has 0 spiro atoms. The van der Waals surface area contributed by atoms with Gasteiger partial charge in [0, 0.05) is 20.2 Å². The first-order valence-corrected chi connectivity index (χ1v) is 8.71. The van der Waals surface area contributed by atoms with Gasteiger partial charge in [-0.15, -0.1) is 0 Å². The fraction of sp³-hybridized carbons (Fsp3) is 0.533. The molecule has 8 heteroatoms. The highest BCUT2D eigenvalue weighted by Gasteiger charge is 2.28. The van der Waals surface area contributed by atoms with Crippen LogP contribution in [0.5, 0.6) is 5.75 Å². The molecule has 130 valence electrons. The number of likely N-dealkylation sites (N-methyl/N-ethyl adjacent to an activating group) is 1. The van der Waals surface area contributed by atoms with Crippen LogP contribution in [0.15, 0.2) is 23.1 Å². The van der Waals surface area contributed by atoms with Crippen molar-refractivity contribution in [1.82, 2.24) is 9.62 Å². The largest absolute Gasteiger partial charge is 0.495 e. The number of nitrogens with one attached hydrogen (secondary N) is 1. The van der Waals surface area contributed by atoms with Crippen LogP contribution in [0.25, 0.3) is 0 Å². The van der Waals surface area contributed by atoms with Crippen molar-refractivity contribution in [3.05, 3.63) is 23.8 Å². The summed E-state index contributed by atoms with van der Waals surface area (Å²) in [5.41, 5.74) is 0.796. The second-order valence-electron chi connectivity index (χ2n) is 4.93. The van der Waals surface area contributed by atoms with E-state index in [1.165, 1.54) is 14.2 Å². The van der Waals surface area contributed by atoms with E-state index in [1.807, 2.05) is 0 Å². The summed E-state index contributed by atoms with van der Waals surface area (Å²) in [4.78, 5) is 11.9. The molecule has 0 unspecified atom stereocenters. The average molecular weight is 344 g/mol. The molecular weight excluding hydrogens is 320 g/mol. The van der Waals surface area contributed by atoms with E-state index in [0.717, 1.165) is 9.87 Å². The quantitative estimate of drug-likeness (QED) is 0.669. The molecule has 0 aromatic heterocycles. The number of rotatable bonds is 9. The van der Waals surface area contributed by atoms with E-state index in [4.69, 9.17) is 9.47 Å². The normalized spacial score (nSPS) is 11.5. The topological polar surface area (TPSA) is 84.9 Å². The molecular formula is C15H24N2O5S. The van der Waals surface area contributed by atoms with Crippen molar-refractivity contribution >= 4 is 15.9 Å². The van der Waals surface area contributed by atoms with Crippen LogP contribution in [0, 0.1) is 6.92 Å². The van der Waals surface area contributed by atoms with Gasteiger partial charge in [-0.1, -0.05) is 13.0 Å². The standard InChI is InChI=1S/C15H24N2O5S/c1-5-17(11-15(18)16-8-9-21-3)23(19,20)14-10-12(2)6-7-13(14)22-4/h6-7,10H,5,8-9,11H2,1-4H3,(H,16,18). The first-order valence-electron chi connectivity index (χ1n) is 7.27. The van der Waals surface area contributed by atoms with Crippen LogP contribution in [-0.2, 0) is 19.6 Å². The fourth-order valence-electron chi connectivity index (χ4n) is 2.00. The van der Waals surface area contributed by atoms with Crippen molar-refractivity contribution in [2.24, 2.45) is 0 Å². The minimum atomic E-state index is -3.83. The van der Waals surface area contributed by atoms with Crippen LogP contribution in [0.3, 0.4) is 0 Å². The summed E-state index contributed by atoms with van der Waals surface area (Å²) in [6.45, 7) is 4.11. The Balaban J connectivity index is 2.99. The van der Waals surface area contributed by atoms with Crippen molar-refractivity contribution in [2.75, 3.05) is 40.5 Å². The molecule has 1 amide bonds. The molecule has 0 aliphatic rings. The first kappa shape index (κ1) is 19.4. The Kier molecular flexibility index (Phi) is 7.47. The van der Waals surface area contributed by atoms with Gasteiger partial charge in [-0.3, -0.25) is 4.79 Å². The number of aryl methyl sites for hydroxylation is 1. The average Bonchev–Trinajstić information content (AvgIpc) is 2.52. The molecule has 1 aromatic carbocycles. The van der Waals surface area contributed by atoms with Crippen LogP contribution in [-0.4, -0.2) is 59.1 Å². The third kappa shape index (κ3) is 5.19. The van der Waals surface area contributed by atoms with Crippen LogP contribution in [0.4, 0.5) is 0 Å². The number of carbonyl (C=O) groups is 1. The molecule has 0 bridgehead atoms. The maximum absolute atomic E-state index is 12.8. The minimum absolute atomic E-state index is 0.0616. The van der Waals surface area contributed by atoms with E-state index in [9.17, 15) is 13.2 Å². The summed E-state index contributed by atoms with van der Waals surface area (Å²) in [5.74, 6) is -0.118. The smallest absolute Gasteiger partial charge is 0.247 e. The van der Waals surface area contributed by atoms with E-state index in [1.54, 1.807) is 32.0 Å². The Morgan fingerprint density at radius 1 is 1.30 bits per heavy atom. The second-order valence-corrected chi connectivity index (χ2v) is 6.83. The predicted molar refractivity (Wildman–Crippen MR) is 87.0 cm³/mol. The number of amides is 1. The minimum Gasteiger partial charge on any atom is -0.495 e. The Morgan fingerprint density at radius 3 is 2.57 bits per heavy atom. The summed E-state index contributed by atoms with van der Waals surface area (Å²) >= 11 is 0. The Morgan fingerprint density at radius 2 is 2.00 bits per heavy atom. The zero-order valence-corrected chi connectivity index (χ0v) is 14.8. The van der Waals surface area contributed by atoms with Gasteiger partial charge < -0.3 is 14.8 Å². The number of benzene rings is 1. The lowest BCUT2D eigenvalue weighted by atomic mass is 10.2. The molecule has 0 fully saturated rings. The van der Waals surface area contributed by atoms with Crippen LogP contribution >= 0.6 is 0 Å². The Hall–Kier alpha value is -1.64. The first-order chi connectivity index (χ1) is 10.9. The van der Waals surface area contributed by atoms with E-state index < -0.39 is 10.0 Å². The van der Waals surface area contributed by atoms with Gasteiger partial charge in [-0.2, -0.15) is 4.31 Å². The number of ether oxygens (including phenoxy) is 2. The van der Waals surface area contributed by atoms with Crippen LogP contribution in [0.2, 0.25) is 0 Å². The van der Waals surface area contributed by atoms with Gasteiger partial charge in [-0.05, 0) is 24.6 Å². The summed E-state index contributed by atoms with van der Waals surface area (Å²) in [6, 6.07) is 4.92. The van der Waals surface area contributed by atoms with Crippen molar-refractivity contribution in [1.29, 1.82) is 0 Å². The molecule has 7 nitrogen and oxygen atoms in total. The third-order valence-electron chi connectivity index (χ3n) is 3.24. The lowest BCUT2D eigenvalue weighted by Gasteiger charge is -2.21. The predicted octanol–water partition coefficient (Wildman–Crippen LogP) is 0.777. The molecule has 0 atom stereocenters. The van der Waals surface area contributed by atoms with Gasteiger partial charge >= 0.3 is 0 Å². The highest BCUT2D eigenvalue weighted by Crippen LogP contribution is 2.27. The zero-order chi connectivity index (χ0) is 17.5. The highest BCUT2D eigenvalue weighted by molar-refractivity contribution is 7.89. The van der Waals surface area contributed by atoms with Crippen molar-refractivity contribution < 1.29 is 22.7 Å².